The Morgan fingerprint density at radius 2 is 2.00 bits per heavy atom. The molecule has 2 rings (SSSR count). The van der Waals surface area contributed by atoms with E-state index in [1.807, 2.05) is 6.92 Å². The molecular weight excluding hydrogens is 264 g/mol. The molecule has 0 aliphatic heterocycles. The molecule has 116 valence electrons. The van der Waals surface area contributed by atoms with Crippen LogP contribution in [0.5, 0.6) is 5.75 Å². The van der Waals surface area contributed by atoms with Crippen molar-refractivity contribution < 1.29 is 9.53 Å². The molecule has 1 aliphatic carbocycles. The van der Waals surface area contributed by atoms with Crippen molar-refractivity contribution in [1.82, 2.24) is 5.32 Å². The molecule has 0 atom stereocenters. The Kier molecular flexibility index (Phi) is 5.48. The summed E-state index contributed by atoms with van der Waals surface area (Å²) in [6.45, 7) is 4.63. The maximum Gasteiger partial charge on any atom is 0.255 e. The van der Waals surface area contributed by atoms with E-state index in [1.165, 1.54) is 19.3 Å². The quantitative estimate of drug-likeness (QED) is 0.817. The van der Waals surface area contributed by atoms with E-state index in [-0.39, 0.29) is 11.9 Å². The molecular formula is C17H26N2O2. The molecule has 4 nitrogen and oxygen atoms in total. The van der Waals surface area contributed by atoms with Gasteiger partial charge >= 0.3 is 0 Å². The predicted molar refractivity (Wildman–Crippen MR) is 85.5 cm³/mol. The third-order valence-corrected chi connectivity index (χ3v) is 4.34. The van der Waals surface area contributed by atoms with E-state index in [0.717, 1.165) is 18.8 Å². The second-order valence-electron chi connectivity index (χ2n) is 5.76. The normalized spacial score (nSPS) is 21.8. The fraction of sp³-hybridized carbons (Fsp3) is 0.588. The van der Waals surface area contributed by atoms with Gasteiger partial charge in [-0.3, -0.25) is 4.79 Å². The molecule has 3 N–H and O–H groups in total. The van der Waals surface area contributed by atoms with Crippen molar-refractivity contribution in [2.45, 2.75) is 52.0 Å². The molecule has 4 heteroatoms. The highest BCUT2D eigenvalue weighted by atomic mass is 16.5. The molecule has 0 spiro atoms. The lowest BCUT2D eigenvalue weighted by atomic mass is 9.84. The molecule has 1 aliphatic rings. The van der Waals surface area contributed by atoms with E-state index in [1.54, 1.807) is 18.2 Å². The number of para-hydroxylation sites is 1. The average molecular weight is 290 g/mol. The number of benzene rings is 1. The maximum atomic E-state index is 12.5. The Balaban J connectivity index is 2.02. The zero-order valence-electron chi connectivity index (χ0n) is 13.0. The van der Waals surface area contributed by atoms with Gasteiger partial charge in [0.05, 0.1) is 17.9 Å². The van der Waals surface area contributed by atoms with Gasteiger partial charge in [0, 0.05) is 6.04 Å². The zero-order valence-corrected chi connectivity index (χ0v) is 13.0. The maximum absolute atomic E-state index is 12.5. The molecule has 0 heterocycles. The van der Waals surface area contributed by atoms with Gasteiger partial charge in [-0.15, -0.1) is 0 Å². The Morgan fingerprint density at radius 1 is 1.29 bits per heavy atom. The summed E-state index contributed by atoms with van der Waals surface area (Å²) in [7, 11) is 0. The fourth-order valence-electron chi connectivity index (χ4n) is 3.02. The summed E-state index contributed by atoms with van der Waals surface area (Å²) >= 11 is 0. The van der Waals surface area contributed by atoms with Crippen molar-refractivity contribution in [2.75, 3.05) is 12.3 Å². The van der Waals surface area contributed by atoms with Crippen LogP contribution in [0.2, 0.25) is 0 Å². The number of carbonyl (C=O) groups excluding carboxylic acids is 1. The monoisotopic (exact) mass is 290 g/mol. The molecule has 1 amide bonds. The van der Waals surface area contributed by atoms with Crippen LogP contribution < -0.4 is 15.8 Å². The lowest BCUT2D eigenvalue weighted by Gasteiger charge is -2.28. The van der Waals surface area contributed by atoms with Crippen LogP contribution in [0.25, 0.3) is 0 Å². The van der Waals surface area contributed by atoms with E-state index < -0.39 is 0 Å². The van der Waals surface area contributed by atoms with Crippen LogP contribution >= 0.6 is 0 Å². The molecule has 1 aromatic carbocycles. The molecule has 0 bridgehead atoms. The van der Waals surface area contributed by atoms with Crippen molar-refractivity contribution in [3.05, 3.63) is 23.8 Å². The summed E-state index contributed by atoms with van der Waals surface area (Å²) in [5.74, 6) is 1.25. The first-order valence-electron chi connectivity index (χ1n) is 7.97. The molecule has 21 heavy (non-hydrogen) atoms. The van der Waals surface area contributed by atoms with Gasteiger partial charge in [0.15, 0.2) is 5.75 Å². The number of ether oxygens (including phenoxy) is 1. The first-order chi connectivity index (χ1) is 10.2. The first-order valence-corrected chi connectivity index (χ1v) is 7.97. The van der Waals surface area contributed by atoms with E-state index in [2.05, 4.69) is 12.2 Å². The van der Waals surface area contributed by atoms with Crippen LogP contribution in [0.3, 0.4) is 0 Å². The smallest absolute Gasteiger partial charge is 0.255 e. The summed E-state index contributed by atoms with van der Waals surface area (Å²) in [5, 5.41) is 3.13. The van der Waals surface area contributed by atoms with Gasteiger partial charge in [0.1, 0.15) is 0 Å². The van der Waals surface area contributed by atoms with Gasteiger partial charge < -0.3 is 15.8 Å². The SMILES string of the molecule is CCOc1c(N)cccc1C(=O)NC1CCC(CC)CC1. The predicted octanol–water partition coefficient (Wildman–Crippen LogP) is 3.37. The van der Waals surface area contributed by atoms with E-state index in [9.17, 15) is 4.79 Å². The van der Waals surface area contributed by atoms with Gasteiger partial charge in [-0.1, -0.05) is 19.4 Å². The third kappa shape index (κ3) is 3.90. The number of rotatable bonds is 5. The Labute approximate surface area is 127 Å². The van der Waals surface area contributed by atoms with Crippen LogP contribution in [0.15, 0.2) is 18.2 Å². The molecule has 0 radical (unpaired) electrons. The highest BCUT2D eigenvalue weighted by Crippen LogP contribution is 2.29. The van der Waals surface area contributed by atoms with Gasteiger partial charge in [-0.05, 0) is 50.7 Å². The highest BCUT2D eigenvalue weighted by molar-refractivity contribution is 5.98. The highest BCUT2D eigenvalue weighted by Gasteiger charge is 2.23. The Morgan fingerprint density at radius 3 is 2.62 bits per heavy atom. The lowest BCUT2D eigenvalue weighted by Crippen LogP contribution is -2.37. The van der Waals surface area contributed by atoms with E-state index in [4.69, 9.17) is 10.5 Å². The summed E-state index contributed by atoms with van der Waals surface area (Å²) in [5.41, 5.74) is 6.96. The van der Waals surface area contributed by atoms with E-state index >= 15 is 0 Å². The number of hydrogen-bond acceptors (Lipinski definition) is 3. The standard InChI is InChI=1S/C17H26N2O2/c1-3-12-8-10-13(11-9-12)19-17(20)14-6-5-7-15(18)16(14)21-4-2/h5-7,12-13H,3-4,8-11,18H2,1-2H3,(H,19,20). The van der Waals surface area contributed by atoms with E-state index in [0.29, 0.717) is 23.6 Å². The average Bonchev–Trinajstić information content (AvgIpc) is 2.50. The van der Waals surface area contributed by atoms with Gasteiger partial charge in [-0.25, -0.2) is 0 Å². The summed E-state index contributed by atoms with van der Waals surface area (Å²) < 4.78 is 5.53. The number of nitrogens with one attached hydrogen (secondary N) is 1. The van der Waals surface area contributed by atoms with Crippen molar-refractivity contribution >= 4 is 11.6 Å². The molecule has 1 fully saturated rings. The van der Waals surface area contributed by atoms with Crippen LogP contribution in [0.1, 0.15) is 56.3 Å². The second kappa shape index (κ2) is 7.34. The fourth-order valence-corrected chi connectivity index (χ4v) is 3.02. The minimum atomic E-state index is -0.0781. The third-order valence-electron chi connectivity index (χ3n) is 4.34. The lowest BCUT2D eigenvalue weighted by molar-refractivity contribution is 0.0918. The minimum Gasteiger partial charge on any atom is -0.491 e. The summed E-state index contributed by atoms with van der Waals surface area (Å²) in [6, 6.07) is 5.60. The van der Waals surface area contributed by atoms with Gasteiger partial charge in [-0.2, -0.15) is 0 Å². The van der Waals surface area contributed by atoms with Crippen LogP contribution in [0, 0.1) is 5.92 Å². The summed E-state index contributed by atoms with van der Waals surface area (Å²) in [4.78, 5) is 12.5. The minimum absolute atomic E-state index is 0.0781. The number of hydrogen-bond donors (Lipinski definition) is 2. The second-order valence-corrected chi connectivity index (χ2v) is 5.76. The Bertz CT molecular complexity index is 480. The van der Waals surface area contributed by atoms with Gasteiger partial charge in [0.25, 0.3) is 5.91 Å². The van der Waals surface area contributed by atoms with Crippen LogP contribution in [-0.4, -0.2) is 18.6 Å². The van der Waals surface area contributed by atoms with Crippen molar-refractivity contribution in [1.29, 1.82) is 0 Å². The first kappa shape index (κ1) is 15.7. The molecule has 0 unspecified atom stereocenters. The molecule has 0 aromatic heterocycles. The number of carbonyl (C=O) groups is 1. The van der Waals surface area contributed by atoms with Crippen molar-refractivity contribution in [2.24, 2.45) is 5.92 Å². The zero-order chi connectivity index (χ0) is 15.2. The topological polar surface area (TPSA) is 64.3 Å². The number of amides is 1. The van der Waals surface area contributed by atoms with Crippen LogP contribution in [0.4, 0.5) is 5.69 Å². The van der Waals surface area contributed by atoms with Crippen LogP contribution in [-0.2, 0) is 0 Å². The number of nitrogen functional groups attached to an aromatic ring is 1. The van der Waals surface area contributed by atoms with Gasteiger partial charge in [0.2, 0.25) is 0 Å². The number of nitrogens with two attached hydrogens (primary N) is 1. The Hall–Kier alpha value is -1.71. The molecule has 1 aromatic rings. The molecule has 1 saturated carbocycles. The molecule has 0 saturated heterocycles. The van der Waals surface area contributed by atoms with Crippen molar-refractivity contribution in [3.63, 3.8) is 0 Å². The largest absolute Gasteiger partial charge is 0.491 e. The van der Waals surface area contributed by atoms with Crippen molar-refractivity contribution in [3.8, 4) is 5.75 Å². The number of anilines is 1. The summed E-state index contributed by atoms with van der Waals surface area (Å²) in [6.07, 6.45) is 5.78.